The van der Waals surface area contributed by atoms with Crippen molar-refractivity contribution in [3.63, 3.8) is 0 Å². The van der Waals surface area contributed by atoms with E-state index in [0.29, 0.717) is 0 Å². The molecule has 0 bridgehead atoms. The van der Waals surface area contributed by atoms with Crippen LogP contribution in [-0.4, -0.2) is 0 Å². The third kappa shape index (κ3) is 4.06. The second-order valence-corrected chi connectivity index (χ2v) is 9.75. The molecule has 6 unspecified atom stereocenters. The molecule has 0 heterocycles. The Labute approximate surface area is 165 Å². The molecule has 0 spiro atoms. The first-order chi connectivity index (χ1) is 12.7. The van der Waals surface area contributed by atoms with Crippen molar-refractivity contribution < 1.29 is 0 Å². The predicted octanol–water partition coefficient (Wildman–Crippen LogP) is 8.02. The maximum absolute atomic E-state index is 6.09. The van der Waals surface area contributed by atoms with E-state index in [9.17, 15) is 0 Å². The van der Waals surface area contributed by atoms with E-state index in [1.54, 1.807) is 0 Å². The van der Waals surface area contributed by atoms with Gasteiger partial charge in [-0.1, -0.05) is 42.3 Å². The Bertz CT molecular complexity index is 601. The van der Waals surface area contributed by atoms with Gasteiger partial charge in [-0.15, -0.1) is 0 Å². The van der Waals surface area contributed by atoms with E-state index >= 15 is 0 Å². The number of benzene rings is 1. The third-order valence-electron chi connectivity index (χ3n) is 7.97. The van der Waals surface area contributed by atoms with Gasteiger partial charge in [0.25, 0.3) is 0 Å². The van der Waals surface area contributed by atoms with Gasteiger partial charge in [0, 0.05) is 5.02 Å². The smallest absolute Gasteiger partial charge is 0.0406 e. The topological polar surface area (TPSA) is 0 Å². The Morgan fingerprint density at radius 1 is 0.885 bits per heavy atom. The highest BCUT2D eigenvalue weighted by atomic mass is 35.5. The zero-order valence-corrected chi connectivity index (χ0v) is 17.1. The van der Waals surface area contributed by atoms with E-state index in [2.05, 4.69) is 43.3 Å². The molecular formula is C25H35Cl. The molecule has 0 aromatic heterocycles. The fourth-order valence-corrected chi connectivity index (χ4v) is 6.82. The molecule has 6 atom stereocenters. The Hall–Kier alpha value is -0.750. The van der Waals surface area contributed by atoms with E-state index in [0.717, 1.165) is 40.5 Å². The van der Waals surface area contributed by atoms with Crippen molar-refractivity contribution in [1.82, 2.24) is 0 Å². The highest BCUT2D eigenvalue weighted by molar-refractivity contribution is 6.30. The van der Waals surface area contributed by atoms with Gasteiger partial charge in [0.1, 0.15) is 0 Å². The van der Waals surface area contributed by atoms with Crippen LogP contribution in [0.3, 0.4) is 0 Å². The van der Waals surface area contributed by atoms with Crippen LogP contribution in [0.5, 0.6) is 0 Å². The number of halogens is 1. The van der Waals surface area contributed by atoms with Gasteiger partial charge >= 0.3 is 0 Å². The first-order valence-electron chi connectivity index (χ1n) is 11.1. The summed E-state index contributed by atoms with van der Waals surface area (Å²) in [6, 6.07) is 8.70. The molecule has 1 aromatic rings. The molecule has 0 saturated heterocycles. The fraction of sp³-hybridized carbons (Fsp3) is 0.680. The van der Waals surface area contributed by atoms with Crippen LogP contribution < -0.4 is 0 Å². The number of allylic oxidation sites excluding steroid dienone is 2. The number of hydrogen-bond acceptors (Lipinski definition) is 0. The van der Waals surface area contributed by atoms with Crippen LogP contribution in [0.15, 0.2) is 36.4 Å². The first kappa shape index (κ1) is 18.6. The summed E-state index contributed by atoms with van der Waals surface area (Å²) in [5.74, 6) is 5.92. The van der Waals surface area contributed by atoms with Crippen molar-refractivity contribution in [1.29, 1.82) is 0 Å². The summed E-state index contributed by atoms with van der Waals surface area (Å²) in [6.45, 7) is 2.15. The first-order valence-corrected chi connectivity index (χ1v) is 11.5. The Morgan fingerprint density at radius 2 is 1.58 bits per heavy atom. The molecule has 3 saturated carbocycles. The lowest BCUT2D eigenvalue weighted by Crippen LogP contribution is -2.41. The summed E-state index contributed by atoms with van der Waals surface area (Å²) in [5, 5.41) is 0.870. The Morgan fingerprint density at radius 3 is 2.31 bits per heavy atom. The maximum atomic E-state index is 6.09. The summed E-state index contributed by atoms with van der Waals surface area (Å²) < 4.78 is 0. The van der Waals surface area contributed by atoms with Gasteiger partial charge < -0.3 is 0 Å². The molecule has 1 heteroatoms. The number of hydrogen-bond donors (Lipinski definition) is 0. The lowest BCUT2D eigenvalue weighted by Gasteiger charge is -2.51. The highest BCUT2D eigenvalue weighted by Crippen LogP contribution is 2.55. The molecule has 0 aliphatic heterocycles. The zero-order chi connectivity index (χ0) is 17.9. The third-order valence-corrected chi connectivity index (χ3v) is 8.22. The molecule has 1 aromatic carbocycles. The van der Waals surface area contributed by atoms with E-state index in [-0.39, 0.29) is 0 Å². The molecule has 142 valence electrons. The fourth-order valence-electron chi connectivity index (χ4n) is 6.69. The van der Waals surface area contributed by atoms with Crippen LogP contribution in [-0.2, 0) is 0 Å². The van der Waals surface area contributed by atoms with Crippen molar-refractivity contribution in [3.05, 3.63) is 47.0 Å². The molecule has 3 aliphatic rings. The molecule has 3 fully saturated rings. The Balaban J connectivity index is 1.35. The summed E-state index contributed by atoms with van der Waals surface area (Å²) in [4.78, 5) is 0. The molecule has 0 radical (unpaired) electrons. The monoisotopic (exact) mass is 370 g/mol. The van der Waals surface area contributed by atoms with Gasteiger partial charge in [0.2, 0.25) is 0 Å². The minimum Gasteiger partial charge on any atom is -0.0917 e. The van der Waals surface area contributed by atoms with Crippen molar-refractivity contribution in [2.75, 3.05) is 0 Å². The van der Waals surface area contributed by atoms with Gasteiger partial charge in [0.15, 0.2) is 0 Å². The molecule has 26 heavy (non-hydrogen) atoms. The van der Waals surface area contributed by atoms with E-state index in [4.69, 9.17) is 11.6 Å². The van der Waals surface area contributed by atoms with Gasteiger partial charge in [-0.25, -0.2) is 0 Å². The van der Waals surface area contributed by atoms with Gasteiger partial charge in [-0.05, 0) is 118 Å². The second kappa shape index (κ2) is 8.51. The molecule has 3 aliphatic carbocycles. The lowest BCUT2D eigenvalue weighted by atomic mass is 9.55. The minimum atomic E-state index is 0.780. The Kier molecular flexibility index (Phi) is 6.09. The molecule has 0 amide bonds. The van der Waals surface area contributed by atoms with Crippen molar-refractivity contribution in [2.45, 2.75) is 77.0 Å². The van der Waals surface area contributed by atoms with Crippen molar-refractivity contribution in [2.24, 2.45) is 29.6 Å². The molecule has 4 rings (SSSR count). The van der Waals surface area contributed by atoms with Crippen LogP contribution in [0.25, 0.3) is 0 Å². The zero-order valence-electron chi connectivity index (χ0n) is 16.4. The van der Waals surface area contributed by atoms with Gasteiger partial charge in [-0.3, -0.25) is 0 Å². The normalized spacial score (nSPS) is 37.3. The standard InChI is InChI=1S/C25H35Cl/c1-2-3-4-5-18-6-14-24-21(16-18)7-8-22-17-20(11-15-25(22)24)19-9-12-23(26)13-10-19/h2-3,9-10,12-13,18,20-22,24-25H,4-8,11,14-17H2,1H3. The molecule has 0 nitrogen and oxygen atoms in total. The summed E-state index contributed by atoms with van der Waals surface area (Å²) >= 11 is 6.09. The van der Waals surface area contributed by atoms with E-state index in [1.807, 2.05) is 0 Å². The summed E-state index contributed by atoms with van der Waals surface area (Å²) in [7, 11) is 0. The highest BCUT2D eigenvalue weighted by Gasteiger charge is 2.44. The largest absolute Gasteiger partial charge is 0.0917 e. The van der Waals surface area contributed by atoms with Gasteiger partial charge in [0.05, 0.1) is 0 Å². The SMILES string of the molecule is CC=CCCC1CCC2C(CCC3CC(c4ccc(Cl)cc4)CCC32)C1. The summed E-state index contributed by atoms with van der Waals surface area (Å²) in [5.41, 5.74) is 1.53. The minimum absolute atomic E-state index is 0.780. The maximum Gasteiger partial charge on any atom is 0.0406 e. The van der Waals surface area contributed by atoms with Crippen molar-refractivity contribution >= 4 is 11.6 Å². The van der Waals surface area contributed by atoms with Crippen LogP contribution >= 0.6 is 11.6 Å². The quantitative estimate of drug-likeness (QED) is 0.470. The van der Waals surface area contributed by atoms with Crippen molar-refractivity contribution in [3.8, 4) is 0 Å². The van der Waals surface area contributed by atoms with Gasteiger partial charge in [-0.2, -0.15) is 0 Å². The molecule has 0 N–H and O–H groups in total. The van der Waals surface area contributed by atoms with Crippen LogP contribution in [0.1, 0.15) is 82.6 Å². The lowest BCUT2D eigenvalue weighted by molar-refractivity contribution is 0.00566. The van der Waals surface area contributed by atoms with Crippen LogP contribution in [0, 0.1) is 29.6 Å². The van der Waals surface area contributed by atoms with Crippen LogP contribution in [0.4, 0.5) is 0 Å². The number of rotatable bonds is 4. The van der Waals surface area contributed by atoms with Crippen LogP contribution in [0.2, 0.25) is 5.02 Å². The molecular weight excluding hydrogens is 336 g/mol. The average Bonchev–Trinajstić information content (AvgIpc) is 2.68. The summed E-state index contributed by atoms with van der Waals surface area (Å²) in [6.07, 6.45) is 19.2. The number of fused-ring (bicyclic) bond motifs is 3. The van der Waals surface area contributed by atoms with E-state index in [1.165, 1.54) is 69.8 Å². The van der Waals surface area contributed by atoms with E-state index < -0.39 is 0 Å². The predicted molar refractivity (Wildman–Crippen MR) is 113 cm³/mol. The average molecular weight is 371 g/mol. The second-order valence-electron chi connectivity index (χ2n) is 9.31.